The second kappa shape index (κ2) is 17.7. The Morgan fingerprint density at radius 1 is 0.558 bits per heavy atom. The van der Waals surface area contributed by atoms with E-state index in [2.05, 4.69) is 172 Å². The van der Waals surface area contributed by atoms with Gasteiger partial charge in [-0.05, 0) is 90.5 Å². The molecule has 1 unspecified atom stereocenters. The van der Waals surface area contributed by atoms with Crippen molar-refractivity contribution in [1.29, 1.82) is 0 Å². The molecule has 52 heavy (non-hydrogen) atoms. The number of aryl methyl sites for hydroxylation is 3. The van der Waals surface area contributed by atoms with Crippen molar-refractivity contribution in [2.75, 3.05) is 7.11 Å². The summed E-state index contributed by atoms with van der Waals surface area (Å²) in [6.45, 7) is 19.7. The van der Waals surface area contributed by atoms with Gasteiger partial charge in [-0.2, -0.15) is 0 Å². The molecule has 0 aliphatic heterocycles. The SMILES string of the molecule is CO[P+](=O)O.Cc1cc(-c2ccc(C(C)C)cc2)nn1[B-](n1nc(-c2ccc(C(C)C)cc2)cc1C)n1nc(-c2ccc(C(C)C)cc2)cc1C.[Zn]. The summed E-state index contributed by atoms with van der Waals surface area (Å²) in [6, 6.07) is 32.7. The number of aromatic nitrogens is 6. The zero-order valence-corrected chi connectivity index (χ0v) is 35.9. The summed E-state index contributed by atoms with van der Waals surface area (Å²) in [7, 11) is -1.62. The van der Waals surface area contributed by atoms with E-state index in [1.165, 1.54) is 23.8 Å². The van der Waals surface area contributed by atoms with Crippen molar-refractivity contribution in [3.05, 3.63) is 125 Å². The first-order chi connectivity index (χ1) is 24.3. The quantitative estimate of drug-likeness (QED) is 0.110. The van der Waals surface area contributed by atoms with E-state index >= 15 is 0 Å². The molecule has 0 saturated heterocycles. The Bertz CT molecular complexity index is 1860. The summed E-state index contributed by atoms with van der Waals surface area (Å²) in [5.74, 6) is 1.44. The van der Waals surface area contributed by atoms with Gasteiger partial charge >= 0.3 is 8.25 Å². The van der Waals surface area contributed by atoms with Crippen LogP contribution in [0.15, 0.2) is 91.0 Å². The first kappa shape index (κ1) is 40.8. The molecule has 12 heteroatoms. The van der Waals surface area contributed by atoms with E-state index in [1.807, 2.05) is 0 Å². The number of nitrogens with zero attached hydrogens (tertiary/aromatic N) is 6. The summed E-state index contributed by atoms with van der Waals surface area (Å²) >= 11 is 0. The minimum atomic E-state index is -2.35. The molecule has 9 nitrogen and oxygen atoms in total. The number of hydrogen-bond acceptors (Lipinski definition) is 5. The van der Waals surface area contributed by atoms with Crippen LogP contribution in [0.5, 0.6) is 0 Å². The van der Waals surface area contributed by atoms with Crippen molar-refractivity contribution in [2.24, 2.45) is 0 Å². The van der Waals surface area contributed by atoms with Gasteiger partial charge in [-0.15, -0.1) is 9.42 Å². The number of benzene rings is 3. The molecular weight excluding hydrogens is 720 g/mol. The van der Waals surface area contributed by atoms with Crippen LogP contribution in [0, 0.1) is 20.8 Å². The zero-order chi connectivity index (χ0) is 37.0. The minimum Gasteiger partial charge on any atom is -0.422 e. The van der Waals surface area contributed by atoms with Gasteiger partial charge < -0.3 is 13.8 Å². The molecule has 3 aromatic carbocycles. The number of hydrogen-bond donors (Lipinski definition) is 1. The van der Waals surface area contributed by atoms with Crippen molar-refractivity contribution < 1.29 is 33.5 Å². The average molecular weight is 769 g/mol. The van der Waals surface area contributed by atoms with Crippen molar-refractivity contribution >= 4 is 15.4 Å². The topological polar surface area (TPSA) is 100.0 Å². The van der Waals surface area contributed by atoms with Crippen molar-refractivity contribution in [3.8, 4) is 33.8 Å². The summed E-state index contributed by atoms with van der Waals surface area (Å²) in [6.07, 6.45) is 0. The minimum absolute atomic E-state index is 0. The van der Waals surface area contributed by atoms with Crippen LogP contribution in [0.25, 0.3) is 33.8 Å². The first-order valence-electron chi connectivity index (χ1n) is 17.5. The largest absolute Gasteiger partial charge is 0.694 e. The van der Waals surface area contributed by atoms with Gasteiger partial charge in [0.2, 0.25) is 0 Å². The van der Waals surface area contributed by atoms with Gasteiger partial charge in [0.05, 0.1) is 24.2 Å². The van der Waals surface area contributed by atoms with Crippen LogP contribution in [0.2, 0.25) is 0 Å². The maximum Gasteiger partial charge on any atom is 0.694 e. The molecule has 267 valence electrons. The molecule has 0 saturated carbocycles. The van der Waals surface area contributed by atoms with E-state index in [0.29, 0.717) is 17.8 Å². The van der Waals surface area contributed by atoms with Crippen LogP contribution in [0.3, 0.4) is 0 Å². The molecule has 0 spiro atoms. The molecule has 6 rings (SSSR count). The Kier molecular flexibility index (Phi) is 13.9. The van der Waals surface area contributed by atoms with Crippen LogP contribution >= 0.6 is 8.25 Å². The van der Waals surface area contributed by atoms with Crippen molar-refractivity contribution in [2.45, 2.75) is 80.1 Å². The summed E-state index contributed by atoms with van der Waals surface area (Å²) in [4.78, 5) is 7.65. The second-order valence-corrected chi connectivity index (χ2v) is 14.8. The predicted molar refractivity (Wildman–Crippen MR) is 208 cm³/mol. The summed E-state index contributed by atoms with van der Waals surface area (Å²) in [5.41, 5.74) is 13.1. The Morgan fingerprint density at radius 2 is 0.788 bits per heavy atom. The van der Waals surface area contributed by atoms with E-state index in [9.17, 15) is 4.57 Å². The molecule has 1 radical (unpaired) electrons. The molecule has 1 N–H and O–H groups in total. The van der Waals surface area contributed by atoms with E-state index in [4.69, 9.17) is 20.2 Å². The summed E-state index contributed by atoms with van der Waals surface area (Å²) < 4.78 is 19.3. The van der Waals surface area contributed by atoms with Gasteiger partial charge in [0.25, 0.3) is 7.12 Å². The van der Waals surface area contributed by atoms with Gasteiger partial charge in [-0.1, -0.05) is 114 Å². The fourth-order valence-corrected chi connectivity index (χ4v) is 6.02. The predicted octanol–water partition coefficient (Wildman–Crippen LogP) is 9.78. The Labute approximate surface area is 322 Å². The van der Waals surface area contributed by atoms with Crippen LogP contribution in [0.1, 0.15) is 93.1 Å². The molecule has 0 aliphatic carbocycles. The maximum atomic E-state index is 9.29. The Morgan fingerprint density at radius 3 is 0.981 bits per heavy atom. The van der Waals surface area contributed by atoms with E-state index in [-0.39, 0.29) is 19.5 Å². The third-order valence-electron chi connectivity index (χ3n) is 9.20. The van der Waals surface area contributed by atoms with Gasteiger partial charge in [0.15, 0.2) is 0 Å². The molecule has 3 heterocycles. The van der Waals surface area contributed by atoms with Gasteiger partial charge in [0.1, 0.15) is 0 Å². The van der Waals surface area contributed by atoms with Gasteiger partial charge in [-0.25, -0.2) is 15.3 Å². The van der Waals surface area contributed by atoms with Crippen LogP contribution in [-0.4, -0.2) is 48.2 Å². The second-order valence-electron chi connectivity index (χ2n) is 13.9. The Balaban J connectivity index is 0.000000944. The van der Waals surface area contributed by atoms with Gasteiger partial charge in [0, 0.05) is 40.7 Å². The molecule has 0 fully saturated rings. The Hall–Kier alpha value is -4.00. The molecule has 6 aromatic rings. The summed E-state index contributed by atoms with van der Waals surface area (Å²) in [5, 5.41) is 15.6. The molecule has 3 aromatic heterocycles. The molecule has 0 amide bonds. The van der Waals surface area contributed by atoms with Crippen molar-refractivity contribution in [3.63, 3.8) is 0 Å². The zero-order valence-electron chi connectivity index (χ0n) is 32.1. The monoisotopic (exact) mass is 767 g/mol. The number of rotatable bonds is 10. The van der Waals surface area contributed by atoms with Crippen LogP contribution in [0.4, 0.5) is 0 Å². The van der Waals surface area contributed by atoms with E-state index in [1.54, 1.807) is 0 Å². The first-order valence-corrected chi connectivity index (χ1v) is 18.6. The van der Waals surface area contributed by atoms with Crippen LogP contribution < -0.4 is 0 Å². The molecule has 0 bridgehead atoms. The molecule has 1 atom stereocenters. The molecule has 0 aliphatic rings. The molecular formula is C40H49BN6O3PZn. The maximum absolute atomic E-state index is 9.29. The van der Waals surface area contributed by atoms with Crippen molar-refractivity contribution in [1.82, 2.24) is 29.1 Å². The van der Waals surface area contributed by atoms with Crippen LogP contribution in [-0.2, 0) is 28.6 Å². The fourth-order valence-electron chi connectivity index (χ4n) is 6.02. The van der Waals surface area contributed by atoms with Gasteiger partial charge in [-0.3, -0.25) is 0 Å². The third kappa shape index (κ3) is 9.31. The van der Waals surface area contributed by atoms with E-state index < -0.39 is 15.4 Å². The standard InChI is InChI=1S/C39H45BN6.CH3O3P.Zn/c1-25(2)31-10-16-34(17-11-31)37-22-28(7)44(41-37)40(45-29(8)23-38(42-45)35-18-12-32(13-19-35)26(3)4)46-30(9)24-39(43-46)36-20-14-33(15-21-36)27(5)6;1-4-5(2)3;/h10-27H,1-9H3;1H3;/q-1;;/p+1. The fraction of sp³-hybridized carbons (Fsp3) is 0.325. The smallest absolute Gasteiger partial charge is 0.422 e. The third-order valence-corrected chi connectivity index (χ3v) is 9.51. The van der Waals surface area contributed by atoms with E-state index in [0.717, 1.165) is 50.9 Å². The normalized spacial score (nSPS) is 11.6. The average Bonchev–Trinajstić information content (AvgIpc) is 3.82.